The number of hydrogen-bond donors (Lipinski definition) is 2. The average molecular weight is 345 g/mol. The first-order valence-electron chi connectivity index (χ1n) is 7.54. The fourth-order valence-electron chi connectivity index (χ4n) is 2.56. The Hall–Kier alpha value is -2.41. The number of thioether (sulfide) groups is 1. The molecule has 2 amide bonds. The van der Waals surface area contributed by atoms with Gasteiger partial charge in [0.1, 0.15) is 5.82 Å². The van der Waals surface area contributed by atoms with Gasteiger partial charge in [0.2, 0.25) is 11.8 Å². The van der Waals surface area contributed by atoms with Gasteiger partial charge in [-0.05, 0) is 29.8 Å². The molecule has 1 aromatic carbocycles. The molecule has 0 aliphatic carbocycles. The van der Waals surface area contributed by atoms with Crippen molar-refractivity contribution in [2.24, 2.45) is 0 Å². The van der Waals surface area contributed by atoms with Crippen molar-refractivity contribution >= 4 is 29.3 Å². The van der Waals surface area contributed by atoms with E-state index in [4.69, 9.17) is 0 Å². The zero-order valence-corrected chi connectivity index (χ0v) is 13.6. The number of carbonyl (C=O) groups excluding carboxylic acids is 2. The monoisotopic (exact) mass is 345 g/mol. The summed E-state index contributed by atoms with van der Waals surface area (Å²) in [5, 5.41) is 6.33. The van der Waals surface area contributed by atoms with Crippen molar-refractivity contribution in [3.8, 4) is 0 Å². The third kappa shape index (κ3) is 3.91. The lowest BCUT2D eigenvalue weighted by molar-refractivity contribution is -0.126. The van der Waals surface area contributed by atoms with Crippen LogP contribution in [0.15, 0.2) is 47.6 Å². The first kappa shape index (κ1) is 16.4. The van der Waals surface area contributed by atoms with Crippen molar-refractivity contribution < 1.29 is 14.0 Å². The molecule has 1 aliphatic rings. The highest BCUT2D eigenvalue weighted by Crippen LogP contribution is 2.32. The van der Waals surface area contributed by atoms with Crippen molar-refractivity contribution in [1.82, 2.24) is 10.3 Å². The molecule has 5 nitrogen and oxygen atoms in total. The molecule has 124 valence electrons. The second-order valence-corrected chi connectivity index (χ2v) is 6.46. The second-order valence-electron chi connectivity index (χ2n) is 5.34. The highest BCUT2D eigenvalue weighted by atomic mass is 32.2. The Labute approximate surface area is 143 Å². The summed E-state index contributed by atoms with van der Waals surface area (Å²) in [5.74, 6) is -0.857. The van der Waals surface area contributed by atoms with Gasteiger partial charge in [-0.15, -0.1) is 11.8 Å². The minimum absolute atomic E-state index is 0.0673. The summed E-state index contributed by atoms with van der Waals surface area (Å²) < 4.78 is 13.3. The quantitative estimate of drug-likeness (QED) is 0.645. The fourth-order valence-corrected chi connectivity index (χ4v) is 3.28. The zero-order valence-electron chi connectivity index (χ0n) is 12.8. The van der Waals surface area contributed by atoms with Crippen LogP contribution in [0.5, 0.6) is 0 Å². The van der Waals surface area contributed by atoms with Gasteiger partial charge in [0.15, 0.2) is 0 Å². The van der Waals surface area contributed by atoms with Gasteiger partial charge in [-0.25, -0.2) is 9.37 Å². The highest BCUT2D eigenvalue weighted by Gasteiger charge is 2.30. The zero-order chi connectivity index (χ0) is 16.9. The number of benzene rings is 1. The Bertz CT molecular complexity index is 755. The van der Waals surface area contributed by atoms with Gasteiger partial charge in [-0.1, -0.05) is 12.1 Å². The first-order valence-corrected chi connectivity index (χ1v) is 8.53. The number of anilines is 1. The molecule has 2 aromatic rings. The van der Waals surface area contributed by atoms with Crippen LogP contribution >= 0.6 is 11.8 Å². The highest BCUT2D eigenvalue weighted by molar-refractivity contribution is 7.99. The van der Waals surface area contributed by atoms with Gasteiger partial charge >= 0.3 is 0 Å². The Morgan fingerprint density at radius 3 is 3.04 bits per heavy atom. The normalized spacial score (nSPS) is 16.2. The summed E-state index contributed by atoms with van der Waals surface area (Å²) >= 11 is 1.54. The first-order chi connectivity index (χ1) is 11.6. The largest absolute Gasteiger partial charge is 0.355 e. The van der Waals surface area contributed by atoms with E-state index in [9.17, 15) is 14.0 Å². The Balaban J connectivity index is 1.58. The van der Waals surface area contributed by atoms with Crippen molar-refractivity contribution in [3.05, 3.63) is 54.0 Å². The third-order valence-electron chi connectivity index (χ3n) is 3.66. The van der Waals surface area contributed by atoms with E-state index >= 15 is 0 Å². The van der Waals surface area contributed by atoms with E-state index in [2.05, 4.69) is 15.6 Å². The molecule has 1 aliphatic heterocycles. The molecule has 24 heavy (non-hydrogen) atoms. The predicted octanol–water partition coefficient (Wildman–Crippen LogP) is 2.55. The van der Waals surface area contributed by atoms with Crippen molar-refractivity contribution in [3.63, 3.8) is 0 Å². The van der Waals surface area contributed by atoms with Crippen LogP contribution in [0, 0.1) is 5.82 Å². The maximum absolute atomic E-state index is 13.3. The lowest BCUT2D eigenvalue weighted by atomic mass is 9.90. The number of amides is 2. The van der Waals surface area contributed by atoms with Crippen LogP contribution in [0.4, 0.5) is 10.1 Å². The van der Waals surface area contributed by atoms with Crippen LogP contribution in [-0.4, -0.2) is 29.1 Å². The van der Waals surface area contributed by atoms with Crippen LogP contribution < -0.4 is 10.6 Å². The van der Waals surface area contributed by atoms with E-state index in [1.165, 1.54) is 12.1 Å². The van der Waals surface area contributed by atoms with Gasteiger partial charge in [0, 0.05) is 30.6 Å². The van der Waals surface area contributed by atoms with Gasteiger partial charge < -0.3 is 10.6 Å². The average Bonchev–Trinajstić information content (AvgIpc) is 2.58. The molecule has 0 radical (unpaired) electrons. The Morgan fingerprint density at radius 2 is 2.25 bits per heavy atom. The third-order valence-corrected chi connectivity index (χ3v) is 4.61. The summed E-state index contributed by atoms with van der Waals surface area (Å²) in [4.78, 5) is 28.3. The number of halogens is 1. The van der Waals surface area contributed by atoms with E-state index < -0.39 is 11.7 Å². The van der Waals surface area contributed by atoms with Crippen LogP contribution in [-0.2, 0) is 9.59 Å². The molecule has 2 heterocycles. The van der Waals surface area contributed by atoms with E-state index in [0.717, 1.165) is 5.03 Å². The minimum atomic E-state index is -0.589. The summed E-state index contributed by atoms with van der Waals surface area (Å²) in [6.07, 6.45) is 1.79. The maximum Gasteiger partial charge on any atom is 0.228 e. The van der Waals surface area contributed by atoms with Gasteiger partial charge in [-0.3, -0.25) is 9.59 Å². The minimum Gasteiger partial charge on any atom is -0.355 e. The van der Waals surface area contributed by atoms with Crippen LogP contribution in [0.1, 0.15) is 17.9 Å². The Kier molecular flexibility index (Phi) is 5.10. The number of rotatable bonds is 5. The van der Waals surface area contributed by atoms with Crippen molar-refractivity contribution in [2.75, 3.05) is 17.6 Å². The number of aromatic nitrogens is 1. The number of fused-ring (bicyclic) bond motifs is 1. The van der Waals surface area contributed by atoms with Gasteiger partial charge in [-0.2, -0.15) is 0 Å². The van der Waals surface area contributed by atoms with Gasteiger partial charge in [0.25, 0.3) is 0 Å². The molecule has 0 unspecified atom stereocenters. The fraction of sp³-hybridized carbons (Fsp3) is 0.235. The summed E-state index contributed by atoms with van der Waals surface area (Å²) in [6.45, 7) is 0.467. The molecule has 0 fully saturated rings. The van der Waals surface area contributed by atoms with E-state index in [0.29, 0.717) is 23.5 Å². The molecule has 0 spiro atoms. The molecule has 0 bridgehead atoms. The number of pyridine rings is 1. The Morgan fingerprint density at radius 1 is 1.38 bits per heavy atom. The van der Waals surface area contributed by atoms with Gasteiger partial charge in [0.05, 0.1) is 10.9 Å². The van der Waals surface area contributed by atoms with Crippen LogP contribution in [0.25, 0.3) is 0 Å². The summed E-state index contributed by atoms with van der Waals surface area (Å²) in [5.41, 5.74) is 1.01. The summed E-state index contributed by atoms with van der Waals surface area (Å²) in [6, 6.07) is 9.75. The predicted molar refractivity (Wildman–Crippen MR) is 90.4 cm³/mol. The van der Waals surface area contributed by atoms with Crippen molar-refractivity contribution in [1.29, 1.82) is 0 Å². The van der Waals surface area contributed by atoms with Crippen LogP contribution in [0.3, 0.4) is 0 Å². The second kappa shape index (κ2) is 7.44. The van der Waals surface area contributed by atoms with E-state index in [-0.39, 0.29) is 18.2 Å². The molecule has 1 atom stereocenters. The lowest BCUT2D eigenvalue weighted by Gasteiger charge is -2.24. The number of carbonyl (C=O) groups is 2. The van der Waals surface area contributed by atoms with Crippen molar-refractivity contribution in [2.45, 2.75) is 17.4 Å². The van der Waals surface area contributed by atoms with E-state index in [1.807, 2.05) is 18.2 Å². The molecule has 0 saturated heterocycles. The maximum atomic E-state index is 13.3. The lowest BCUT2D eigenvalue weighted by Crippen LogP contribution is -2.36. The number of nitrogens with one attached hydrogen (secondary N) is 2. The summed E-state index contributed by atoms with van der Waals surface area (Å²) in [7, 11) is 0. The standard InChI is InChI=1S/C17H16FN3O2S/c18-11-4-5-12-13(10-15(22)21-14(12)9-11)17(23)20-7-8-24-16-3-1-2-6-19-16/h1-6,9,13H,7-8,10H2,(H,20,23)(H,21,22)/t13-/m0/s1. The number of nitrogens with zero attached hydrogens (tertiary/aromatic N) is 1. The molecule has 0 saturated carbocycles. The molecule has 3 rings (SSSR count). The molecular formula is C17H16FN3O2S. The smallest absolute Gasteiger partial charge is 0.228 e. The van der Waals surface area contributed by atoms with E-state index in [1.54, 1.807) is 24.0 Å². The molecule has 7 heteroatoms. The number of hydrogen-bond acceptors (Lipinski definition) is 4. The SMILES string of the molecule is O=C1C[C@H](C(=O)NCCSc2ccccn2)c2ccc(F)cc2N1. The molecule has 2 N–H and O–H groups in total. The van der Waals surface area contributed by atoms with Crippen LogP contribution in [0.2, 0.25) is 0 Å². The molecule has 1 aromatic heterocycles. The topological polar surface area (TPSA) is 71.1 Å². The molecular weight excluding hydrogens is 329 g/mol.